The van der Waals surface area contributed by atoms with Gasteiger partial charge in [0.05, 0.1) is 5.37 Å². The predicted octanol–water partition coefficient (Wildman–Crippen LogP) is 2.92. The van der Waals surface area contributed by atoms with Crippen molar-refractivity contribution in [1.29, 1.82) is 0 Å². The SMILES string of the molecule is C=CCn1c(C)c([C@H]2N[C@H](C(=O)O)CS2)c2ccccc21. The Morgan fingerprint density at radius 2 is 2.33 bits per heavy atom. The lowest BCUT2D eigenvalue weighted by Gasteiger charge is -2.12. The van der Waals surface area contributed by atoms with Gasteiger partial charge in [-0.1, -0.05) is 24.3 Å². The number of benzene rings is 1. The van der Waals surface area contributed by atoms with E-state index in [0.29, 0.717) is 5.75 Å². The number of hydrogen-bond donors (Lipinski definition) is 2. The zero-order valence-corrected chi connectivity index (χ0v) is 12.7. The highest BCUT2D eigenvalue weighted by Crippen LogP contribution is 2.40. The molecule has 1 fully saturated rings. The van der Waals surface area contributed by atoms with Gasteiger partial charge in [0.25, 0.3) is 0 Å². The number of thioether (sulfide) groups is 1. The summed E-state index contributed by atoms with van der Waals surface area (Å²) in [6.45, 7) is 6.68. The van der Waals surface area contributed by atoms with Gasteiger partial charge in [-0.2, -0.15) is 0 Å². The fourth-order valence-electron chi connectivity index (χ4n) is 2.93. The molecule has 1 aromatic heterocycles. The molecular weight excluding hydrogens is 284 g/mol. The number of nitrogens with zero attached hydrogens (tertiary/aromatic N) is 1. The fraction of sp³-hybridized carbons (Fsp3) is 0.312. The third-order valence-electron chi connectivity index (χ3n) is 3.93. The first kappa shape index (κ1) is 14.2. The van der Waals surface area contributed by atoms with Crippen LogP contribution in [0.3, 0.4) is 0 Å². The van der Waals surface area contributed by atoms with Crippen molar-refractivity contribution in [2.75, 3.05) is 5.75 Å². The molecule has 5 heteroatoms. The van der Waals surface area contributed by atoms with E-state index in [0.717, 1.165) is 6.54 Å². The van der Waals surface area contributed by atoms with Crippen LogP contribution in [0, 0.1) is 6.92 Å². The first-order valence-electron chi connectivity index (χ1n) is 6.92. The van der Waals surface area contributed by atoms with Crippen LogP contribution in [-0.4, -0.2) is 27.4 Å². The summed E-state index contributed by atoms with van der Waals surface area (Å²) in [5.41, 5.74) is 3.54. The number of hydrogen-bond acceptors (Lipinski definition) is 3. The monoisotopic (exact) mass is 302 g/mol. The van der Waals surface area contributed by atoms with Gasteiger partial charge in [-0.3, -0.25) is 10.1 Å². The lowest BCUT2D eigenvalue weighted by atomic mass is 10.1. The molecule has 1 aliphatic rings. The van der Waals surface area contributed by atoms with Gasteiger partial charge in [-0.25, -0.2) is 0 Å². The quantitative estimate of drug-likeness (QED) is 0.853. The molecule has 2 heterocycles. The summed E-state index contributed by atoms with van der Waals surface area (Å²) in [5, 5.41) is 13.6. The van der Waals surface area contributed by atoms with E-state index in [1.165, 1.54) is 22.2 Å². The van der Waals surface area contributed by atoms with E-state index in [2.05, 4.69) is 35.5 Å². The van der Waals surface area contributed by atoms with E-state index >= 15 is 0 Å². The second-order valence-electron chi connectivity index (χ2n) is 5.19. The molecule has 0 aliphatic carbocycles. The van der Waals surface area contributed by atoms with E-state index in [1.54, 1.807) is 11.8 Å². The summed E-state index contributed by atoms with van der Waals surface area (Å²) in [7, 11) is 0. The van der Waals surface area contributed by atoms with Gasteiger partial charge < -0.3 is 9.67 Å². The number of carboxylic acid groups (broad SMARTS) is 1. The maximum absolute atomic E-state index is 11.1. The molecule has 21 heavy (non-hydrogen) atoms. The van der Waals surface area contributed by atoms with Crippen LogP contribution in [-0.2, 0) is 11.3 Å². The molecule has 110 valence electrons. The Morgan fingerprint density at radius 3 is 3.00 bits per heavy atom. The average Bonchev–Trinajstić information content (AvgIpc) is 3.04. The van der Waals surface area contributed by atoms with E-state index in [-0.39, 0.29) is 5.37 Å². The maximum atomic E-state index is 11.1. The van der Waals surface area contributed by atoms with Crippen molar-refractivity contribution in [2.24, 2.45) is 0 Å². The van der Waals surface area contributed by atoms with Crippen molar-refractivity contribution in [3.05, 3.63) is 48.2 Å². The highest BCUT2D eigenvalue weighted by atomic mass is 32.2. The Labute approximate surface area is 127 Å². The second kappa shape index (κ2) is 5.58. The highest BCUT2D eigenvalue weighted by molar-refractivity contribution is 7.99. The van der Waals surface area contributed by atoms with Crippen LogP contribution < -0.4 is 5.32 Å². The second-order valence-corrected chi connectivity index (χ2v) is 6.32. The Morgan fingerprint density at radius 1 is 1.57 bits per heavy atom. The molecule has 2 N–H and O–H groups in total. The first-order valence-corrected chi connectivity index (χ1v) is 7.97. The van der Waals surface area contributed by atoms with E-state index in [1.807, 2.05) is 18.2 Å². The van der Waals surface area contributed by atoms with Crippen molar-refractivity contribution in [2.45, 2.75) is 24.9 Å². The van der Waals surface area contributed by atoms with Crippen molar-refractivity contribution < 1.29 is 9.90 Å². The number of nitrogens with one attached hydrogen (secondary N) is 1. The standard InChI is InChI=1S/C16H18N2O2S/c1-3-8-18-10(2)14(11-6-4-5-7-13(11)18)15-17-12(9-21-15)16(19)20/h3-7,12,15,17H,1,8-9H2,2H3,(H,19,20)/t12-,15-/m0/s1. The van der Waals surface area contributed by atoms with Gasteiger partial charge in [0, 0.05) is 34.5 Å². The molecule has 0 unspecified atom stereocenters. The van der Waals surface area contributed by atoms with Gasteiger partial charge in [-0.05, 0) is 13.0 Å². The summed E-state index contributed by atoms with van der Waals surface area (Å²) in [5.74, 6) is -0.182. The van der Waals surface area contributed by atoms with E-state index < -0.39 is 12.0 Å². The number of aromatic nitrogens is 1. The number of aliphatic carboxylic acids is 1. The number of allylic oxidation sites excluding steroid dienone is 1. The smallest absolute Gasteiger partial charge is 0.321 e. The number of fused-ring (bicyclic) bond motifs is 1. The lowest BCUT2D eigenvalue weighted by Crippen LogP contribution is -2.33. The zero-order chi connectivity index (χ0) is 15.0. The Hall–Kier alpha value is -1.72. The van der Waals surface area contributed by atoms with Crippen LogP contribution in [0.5, 0.6) is 0 Å². The Kier molecular flexibility index (Phi) is 3.78. The molecule has 0 saturated carbocycles. The van der Waals surface area contributed by atoms with Gasteiger partial charge in [0.1, 0.15) is 6.04 Å². The van der Waals surface area contributed by atoms with Crippen LogP contribution in [0.1, 0.15) is 16.6 Å². The molecule has 3 rings (SSSR count). The van der Waals surface area contributed by atoms with Gasteiger partial charge >= 0.3 is 5.97 Å². The molecule has 0 radical (unpaired) electrons. The van der Waals surface area contributed by atoms with Crippen molar-refractivity contribution in [3.8, 4) is 0 Å². The molecular formula is C16H18N2O2S. The normalized spacial score (nSPS) is 21.8. The number of para-hydroxylation sites is 1. The minimum Gasteiger partial charge on any atom is -0.480 e. The number of carboxylic acids is 1. The molecule has 0 amide bonds. The molecule has 2 aromatic rings. The lowest BCUT2D eigenvalue weighted by molar-refractivity contribution is -0.138. The van der Waals surface area contributed by atoms with Gasteiger partial charge in [-0.15, -0.1) is 18.3 Å². The van der Waals surface area contributed by atoms with Crippen LogP contribution in [0.25, 0.3) is 10.9 Å². The van der Waals surface area contributed by atoms with Crippen molar-refractivity contribution in [3.63, 3.8) is 0 Å². The topological polar surface area (TPSA) is 54.3 Å². The van der Waals surface area contributed by atoms with Crippen molar-refractivity contribution in [1.82, 2.24) is 9.88 Å². The Bertz CT molecular complexity index is 708. The first-order chi connectivity index (χ1) is 10.1. The van der Waals surface area contributed by atoms with E-state index in [9.17, 15) is 4.79 Å². The number of carbonyl (C=O) groups is 1. The molecule has 1 aliphatic heterocycles. The highest BCUT2D eigenvalue weighted by Gasteiger charge is 2.33. The third kappa shape index (κ3) is 2.36. The van der Waals surface area contributed by atoms with E-state index in [4.69, 9.17) is 5.11 Å². The van der Waals surface area contributed by atoms with Crippen LogP contribution in [0.4, 0.5) is 0 Å². The van der Waals surface area contributed by atoms with Gasteiger partial charge in [0.2, 0.25) is 0 Å². The minimum atomic E-state index is -0.780. The zero-order valence-electron chi connectivity index (χ0n) is 11.9. The molecule has 1 saturated heterocycles. The summed E-state index contributed by atoms with van der Waals surface area (Å²) in [6.07, 6.45) is 1.89. The molecule has 0 bridgehead atoms. The Balaban J connectivity index is 2.08. The fourth-order valence-corrected chi connectivity index (χ4v) is 4.28. The van der Waals surface area contributed by atoms with Crippen LogP contribution in [0.2, 0.25) is 0 Å². The molecule has 1 aromatic carbocycles. The summed E-state index contributed by atoms with van der Waals surface area (Å²) in [6, 6.07) is 7.79. The van der Waals surface area contributed by atoms with Crippen molar-refractivity contribution >= 4 is 28.6 Å². The van der Waals surface area contributed by atoms with Crippen LogP contribution >= 0.6 is 11.8 Å². The third-order valence-corrected chi connectivity index (χ3v) is 5.16. The van der Waals surface area contributed by atoms with Gasteiger partial charge in [0.15, 0.2) is 0 Å². The predicted molar refractivity (Wildman–Crippen MR) is 86.6 cm³/mol. The summed E-state index contributed by atoms with van der Waals surface area (Å²) >= 11 is 1.66. The molecule has 2 atom stereocenters. The maximum Gasteiger partial charge on any atom is 0.321 e. The summed E-state index contributed by atoms with van der Waals surface area (Å²) in [4.78, 5) is 11.1. The molecule has 0 spiro atoms. The summed E-state index contributed by atoms with van der Waals surface area (Å²) < 4.78 is 2.23. The average molecular weight is 302 g/mol. The van der Waals surface area contributed by atoms with Crippen LogP contribution in [0.15, 0.2) is 36.9 Å². The minimum absolute atomic E-state index is 0.0297. The molecule has 4 nitrogen and oxygen atoms in total. The largest absolute Gasteiger partial charge is 0.480 e. The number of rotatable bonds is 4.